The van der Waals surface area contributed by atoms with Gasteiger partial charge in [0.1, 0.15) is 6.61 Å². The number of halogens is 3. The molecule has 0 spiro atoms. The molecule has 0 bridgehead atoms. The molecule has 196 valence electrons. The normalized spacial score (nSPS) is 13.5. The van der Waals surface area contributed by atoms with Crippen LogP contribution in [0, 0.1) is 0 Å². The maximum absolute atomic E-state index is 13.1. The summed E-state index contributed by atoms with van der Waals surface area (Å²) < 4.78 is 16.6. The van der Waals surface area contributed by atoms with E-state index in [-0.39, 0.29) is 32.3 Å². The van der Waals surface area contributed by atoms with Crippen LogP contribution < -0.4 is 5.32 Å². The lowest BCUT2D eigenvalue weighted by Gasteiger charge is -2.39. The zero-order chi connectivity index (χ0) is 27.3. The Hall–Kier alpha value is -2.10. The van der Waals surface area contributed by atoms with Crippen molar-refractivity contribution >= 4 is 61.2 Å². The van der Waals surface area contributed by atoms with Crippen LogP contribution in [0.1, 0.15) is 43.6 Å². The maximum atomic E-state index is 13.1. The van der Waals surface area contributed by atoms with E-state index in [4.69, 9.17) is 48.7 Å². The van der Waals surface area contributed by atoms with Gasteiger partial charge in [-0.15, -0.1) is 0 Å². The molecule has 2 aromatic carbocycles. The van der Waals surface area contributed by atoms with Gasteiger partial charge in [0.15, 0.2) is 14.4 Å². The van der Waals surface area contributed by atoms with Crippen LogP contribution in [-0.4, -0.2) is 38.5 Å². The number of hydrogen-bond donors (Lipinski definition) is 1. The highest BCUT2D eigenvalue weighted by Gasteiger charge is 2.42. The van der Waals surface area contributed by atoms with Gasteiger partial charge in [0.05, 0.1) is 21.7 Å². The molecule has 0 radical (unpaired) electrons. The molecule has 36 heavy (non-hydrogen) atoms. The highest BCUT2D eigenvalue weighted by atomic mass is 35.5. The number of alkyl carbamates (subject to hydrolysis) is 1. The molecule has 1 amide bonds. The average Bonchev–Trinajstić information content (AvgIpc) is 2.74. The first-order valence-corrected chi connectivity index (χ1v) is 15.2. The SMILES string of the molecule is C[C@@H](O[Si](C)(C)C(C)(C)C)[C@H](NC(=O)OCc1ccccc1)C(=O)OC(=O)c1c(Cl)cc(Cl)cc1Cl. The fourth-order valence-electron chi connectivity index (χ4n) is 2.91. The van der Waals surface area contributed by atoms with Crippen LogP contribution in [0.2, 0.25) is 33.2 Å². The van der Waals surface area contributed by atoms with E-state index < -0.39 is 38.5 Å². The molecular formula is C25H30Cl3NO6Si. The predicted molar refractivity (Wildman–Crippen MR) is 143 cm³/mol. The number of ether oxygens (including phenoxy) is 2. The highest BCUT2D eigenvalue weighted by Crippen LogP contribution is 2.37. The van der Waals surface area contributed by atoms with Gasteiger partial charge in [-0.25, -0.2) is 14.4 Å². The number of nitrogens with one attached hydrogen (secondary N) is 1. The second-order valence-electron chi connectivity index (χ2n) is 9.72. The molecule has 0 unspecified atom stereocenters. The van der Waals surface area contributed by atoms with Gasteiger partial charge in [-0.2, -0.15) is 0 Å². The number of hydrogen-bond acceptors (Lipinski definition) is 6. The molecule has 0 fully saturated rings. The second-order valence-corrected chi connectivity index (χ2v) is 15.7. The van der Waals surface area contributed by atoms with E-state index in [9.17, 15) is 14.4 Å². The van der Waals surface area contributed by atoms with Crippen molar-refractivity contribution in [2.24, 2.45) is 0 Å². The lowest BCUT2D eigenvalue weighted by molar-refractivity contribution is -0.142. The first-order valence-electron chi connectivity index (χ1n) is 11.2. The van der Waals surface area contributed by atoms with E-state index in [0.29, 0.717) is 0 Å². The largest absolute Gasteiger partial charge is 0.445 e. The van der Waals surface area contributed by atoms with Crippen LogP contribution in [0.25, 0.3) is 0 Å². The first kappa shape index (κ1) is 30.1. The van der Waals surface area contributed by atoms with E-state index in [2.05, 4.69) is 5.32 Å². The number of benzene rings is 2. The molecule has 2 rings (SSSR count). The van der Waals surface area contributed by atoms with Crippen molar-refractivity contribution in [3.63, 3.8) is 0 Å². The quantitative estimate of drug-likeness (QED) is 0.207. The summed E-state index contributed by atoms with van der Waals surface area (Å²) in [5.41, 5.74) is 0.541. The summed E-state index contributed by atoms with van der Waals surface area (Å²) in [5, 5.41) is 2.35. The van der Waals surface area contributed by atoms with Crippen molar-refractivity contribution in [2.45, 2.75) is 64.6 Å². The molecule has 0 aromatic heterocycles. The molecule has 2 aromatic rings. The maximum Gasteiger partial charge on any atom is 0.408 e. The number of carbonyl (C=O) groups is 3. The van der Waals surface area contributed by atoms with Crippen LogP contribution in [0.15, 0.2) is 42.5 Å². The zero-order valence-electron chi connectivity index (χ0n) is 21.0. The van der Waals surface area contributed by atoms with Crippen molar-refractivity contribution in [1.29, 1.82) is 0 Å². The van der Waals surface area contributed by atoms with Crippen molar-refractivity contribution in [2.75, 3.05) is 0 Å². The topological polar surface area (TPSA) is 90.9 Å². The summed E-state index contributed by atoms with van der Waals surface area (Å²) in [5.74, 6) is -2.14. The van der Waals surface area contributed by atoms with Gasteiger partial charge in [-0.1, -0.05) is 85.9 Å². The van der Waals surface area contributed by atoms with Gasteiger partial charge < -0.3 is 19.2 Å². The van der Waals surface area contributed by atoms with E-state index >= 15 is 0 Å². The van der Waals surface area contributed by atoms with Crippen molar-refractivity contribution in [1.82, 2.24) is 5.32 Å². The van der Waals surface area contributed by atoms with Crippen LogP contribution >= 0.6 is 34.8 Å². The summed E-state index contributed by atoms with van der Waals surface area (Å²) >= 11 is 18.1. The van der Waals surface area contributed by atoms with E-state index in [0.717, 1.165) is 5.56 Å². The summed E-state index contributed by atoms with van der Waals surface area (Å²) in [6, 6.07) is 10.3. The van der Waals surface area contributed by atoms with E-state index in [1.807, 2.05) is 52.1 Å². The van der Waals surface area contributed by atoms with Crippen LogP contribution in [0.3, 0.4) is 0 Å². The van der Waals surface area contributed by atoms with Crippen LogP contribution in [-0.2, 0) is 25.3 Å². The smallest absolute Gasteiger partial charge is 0.408 e. The number of carbonyl (C=O) groups excluding carboxylic acids is 3. The van der Waals surface area contributed by atoms with Gasteiger partial charge in [0, 0.05) is 5.02 Å². The molecule has 0 heterocycles. The van der Waals surface area contributed by atoms with Crippen molar-refractivity contribution < 1.29 is 28.3 Å². The molecule has 0 saturated heterocycles. The van der Waals surface area contributed by atoms with Gasteiger partial charge >= 0.3 is 18.0 Å². The fraction of sp³-hybridized carbons (Fsp3) is 0.400. The zero-order valence-corrected chi connectivity index (χ0v) is 24.3. The summed E-state index contributed by atoms with van der Waals surface area (Å²) in [6.45, 7) is 11.7. The first-order chi connectivity index (χ1) is 16.6. The summed E-state index contributed by atoms with van der Waals surface area (Å²) in [4.78, 5) is 38.4. The third-order valence-corrected chi connectivity index (χ3v) is 11.3. The van der Waals surface area contributed by atoms with Gasteiger partial charge in [-0.05, 0) is 42.8 Å². The van der Waals surface area contributed by atoms with E-state index in [1.165, 1.54) is 12.1 Å². The number of rotatable bonds is 8. The van der Waals surface area contributed by atoms with Crippen molar-refractivity contribution in [3.8, 4) is 0 Å². The van der Waals surface area contributed by atoms with E-state index in [1.54, 1.807) is 19.1 Å². The molecule has 0 aliphatic heterocycles. The Labute approximate surface area is 227 Å². The summed E-state index contributed by atoms with van der Waals surface area (Å²) in [7, 11) is -2.37. The molecule has 7 nitrogen and oxygen atoms in total. The highest BCUT2D eigenvalue weighted by molar-refractivity contribution is 6.74. The Balaban J connectivity index is 2.23. The fourth-order valence-corrected chi connectivity index (χ4v) is 5.30. The summed E-state index contributed by atoms with van der Waals surface area (Å²) in [6.07, 6.45) is -1.71. The Kier molecular flexibility index (Phi) is 10.4. The molecule has 11 heteroatoms. The number of amides is 1. The second kappa shape index (κ2) is 12.4. The number of esters is 2. The van der Waals surface area contributed by atoms with Crippen molar-refractivity contribution in [3.05, 3.63) is 68.7 Å². The third-order valence-electron chi connectivity index (χ3n) is 5.90. The van der Waals surface area contributed by atoms with Crippen LogP contribution in [0.5, 0.6) is 0 Å². The predicted octanol–water partition coefficient (Wildman–Crippen LogP) is 7.04. The lowest BCUT2D eigenvalue weighted by atomic mass is 10.2. The Morgan fingerprint density at radius 2 is 1.56 bits per heavy atom. The van der Waals surface area contributed by atoms with Crippen LogP contribution in [0.4, 0.5) is 4.79 Å². The minimum absolute atomic E-state index is 0.0131. The van der Waals surface area contributed by atoms with Gasteiger partial charge in [0.25, 0.3) is 0 Å². The molecule has 0 aliphatic carbocycles. The molecule has 1 N–H and O–H groups in total. The monoisotopic (exact) mass is 573 g/mol. The Morgan fingerprint density at radius 1 is 1.00 bits per heavy atom. The molecule has 0 saturated carbocycles. The Morgan fingerprint density at radius 3 is 2.08 bits per heavy atom. The molecule has 2 atom stereocenters. The minimum Gasteiger partial charge on any atom is -0.445 e. The molecule has 0 aliphatic rings. The standard InChI is InChI=1S/C25H30Cl3NO6Si/c1-15(35-36(5,6)25(2,3)4)21(29-24(32)33-14-16-10-8-7-9-11-16)23(31)34-22(30)20-18(27)12-17(26)13-19(20)28/h7-13,15,21H,14H2,1-6H3,(H,29,32)/t15-,21+/m1/s1. The van der Waals surface area contributed by atoms with Gasteiger partial charge in [0.2, 0.25) is 0 Å². The molecular weight excluding hydrogens is 545 g/mol. The minimum atomic E-state index is -2.37. The lowest BCUT2D eigenvalue weighted by Crippen LogP contribution is -2.54. The Bertz CT molecular complexity index is 1080. The average molecular weight is 575 g/mol. The van der Waals surface area contributed by atoms with Gasteiger partial charge in [-0.3, -0.25) is 0 Å². The third kappa shape index (κ3) is 8.21.